The highest BCUT2D eigenvalue weighted by Gasteiger charge is 2.54. The Hall–Kier alpha value is -2.90. The third-order valence-electron chi connectivity index (χ3n) is 3.39. The standard InChI is InChI=1S/C16H20F3NO10/c1-6(21)26-5-10-12(27-7(2)22)13(28-8(3)23)11(14(30-10)29-9(4)24)20-15(25)16(17,18)19/h10-14H,5H2,1-4H3,(H,20,25)/t10-,11-,12+,13-,14?/m1/s1/i1D,2D,3D,4D. The second-order valence-corrected chi connectivity index (χ2v) is 5.62. The number of nitrogens with one attached hydrogen (secondary N) is 1. The average molecular weight is 447 g/mol. The number of hydrogen-bond donors (Lipinski definition) is 1. The lowest BCUT2D eigenvalue weighted by Crippen LogP contribution is -2.67. The minimum atomic E-state index is -5.47. The Bertz CT molecular complexity index is 772. The quantitative estimate of drug-likeness (QED) is 0.427. The Balaban J connectivity index is 3.49. The molecule has 0 bridgehead atoms. The van der Waals surface area contributed by atoms with Gasteiger partial charge in [-0.25, -0.2) is 0 Å². The van der Waals surface area contributed by atoms with Gasteiger partial charge in [0.2, 0.25) is 6.29 Å². The van der Waals surface area contributed by atoms with E-state index in [-0.39, 0.29) is 0 Å². The van der Waals surface area contributed by atoms with E-state index in [1.54, 1.807) is 0 Å². The Morgan fingerprint density at radius 3 is 1.97 bits per heavy atom. The van der Waals surface area contributed by atoms with Crippen molar-refractivity contribution in [3.8, 4) is 0 Å². The zero-order valence-electron chi connectivity index (χ0n) is 19.1. The molecule has 0 aromatic heterocycles. The maximum atomic E-state index is 12.9. The van der Waals surface area contributed by atoms with Crippen LogP contribution in [0.25, 0.3) is 0 Å². The third-order valence-corrected chi connectivity index (χ3v) is 3.39. The highest BCUT2D eigenvalue weighted by Crippen LogP contribution is 2.29. The molecule has 1 N–H and O–H groups in total. The Morgan fingerprint density at radius 2 is 1.43 bits per heavy atom. The molecule has 14 heteroatoms. The van der Waals surface area contributed by atoms with Gasteiger partial charge in [0.15, 0.2) is 12.2 Å². The molecule has 1 unspecified atom stereocenters. The smallest absolute Gasteiger partial charge is 0.463 e. The summed E-state index contributed by atoms with van der Waals surface area (Å²) in [7, 11) is 0. The van der Waals surface area contributed by atoms with Gasteiger partial charge in [-0.3, -0.25) is 24.0 Å². The van der Waals surface area contributed by atoms with Crippen LogP contribution in [-0.2, 0) is 47.7 Å². The van der Waals surface area contributed by atoms with E-state index in [9.17, 15) is 37.1 Å². The number of carbonyl (C=O) groups is 5. The summed E-state index contributed by atoms with van der Waals surface area (Å²) in [5, 5.41) is 1.39. The van der Waals surface area contributed by atoms with E-state index in [0.717, 1.165) is 0 Å². The van der Waals surface area contributed by atoms with Crippen LogP contribution in [0.3, 0.4) is 0 Å². The molecule has 0 radical (unpaired) electrons. The molecule has 11 nitrogen and oxygen atoms in total. The Morgan fingerprint density at radius 1 is 0.900 bits per heavy atom. The van der Waals surface area contributed by atoms with Crippen LogP contribution in [-0.4, -0.2) is 73.2 Å². The molecule has 30 heavy (non-hydrogen) atoms. The number of halogens is 3. The van der Waals surface area contributed by atoms with Gasteiger partial charge in [0.1, 0.15) is 18.8 Å². The molecule has 5 atom stereocenters. The lowest BCUT2D eigenvalue weighted by molar-refractivity contribution is -0.272. The van der Waals surface area contributed by atoms with Crippen LogP contribution in [0.2, 0.25) is 0 Å². The molecule has 0 saturated carbocycles. The number of ether oxygens (including phenoxy) is 5. The molecule has 1 aliphatic heterocycles. The van der Waals surface area contributed by atoms with Gasteiger partial charge in [-0.15, -0.1) is 0 Å². The molecule has 1 rings (SSSR count). The molecule has 0 aliphatic carbocycles. The maximum Gasteiger partial charge on any atom is 0.471 e. The van der Waals surface area contributed by atoms with Crippen molar-refractivity contribution in [1.82, 2.24) is 5.32 Å². The minimum Gasteiger partial charge on any atom is -0.463 e. The van der Waals surface area contributed by atoms with Gasteiger partial charge in [-0.2, -0.15) is 13.2 Å². The zero-order chi connectivity index (χ0) is 26.1. The molecule has 170 valence electrons. The van der Waals surface area contributed by atoms with Crippen LogP contribution in [0.1, 0.15) is 33.1 Å². The lowest BCUT2D eigenvalue weighted by Gasteiger charge is -2.44. The molecule has 1 fully saturated rings. The van der Waals surface area contributed by atoms with E-state index >= 15 is 0 Å². The summed E-state index contributed by atoms with van der Waals surface area (Å²) in [6.45, 7) is -4.81. The summed E-state index contributed by atoms with van der Waals surface area (Å²) in [6, 6.07) is -2.17. The van der Waals surface area contributed by atoms with Gasteiger partial charge in [0.05, 0.1) is 0 Å². The second kappa shape index (κ2) is 10.2. The molecular formula is C16H20F3NO10. The van der Waals surface area contributed by atoms with Crippen molar-refractivity contribution < 1.29 is 66.3 Å². The second-order valence-electron chi connectivity index (χ2n) is 5.62. The number of hydrogen-bond acceptors (Lipinski definition) is 10. The van der Waals surface area contributed by atoms with Crippen molar-refractivity contribution in [2.24, 2.45) is 0 Å². The summed E-state index contributed by atoms with van der Waals surface area (Å²) in [5.41, 5.74) is 0. The van der Waals surface area contributed by atoms with Crippen molar-refractivity contribution in [2.75, 3.05) is 6.61 Å². The highest BCUT2D eigenvalue weighted by atomic mass is 19.4. The highest BCUT2D eigenvalue weighted by molar-refractivity contribution is 5.82. The molecule has 1 amide bonds. The molecular weight excluding hydrogens is 423 g/mol. The van der Waals surface area contributed by atoms with Crippen molar-refractivity contribution in [3.05, 3.63) is 0 Å². The average Bonchev–Trinajstić information content (AvgIpc) is 2.79. The number of alkyl halides is 3. The van der Waals surface area contributed by atoms with E-state index < -0.39 is 101 Å². The van der Waals surface area contributed by atoms with E-state index in [2.05, 4.69) is 0 Å². The summed E-state index contributed by atoms with van der Waals surface area (Å²) in [4.78, 5) is 58.1. The molecule has 1 heterocycles. The topological polar surface area (TPSA) is 144 Å². The van der Waals surface area contributed by atoms with Crippen LogP contribution in [0.15, 0.2) is 0 Å². The summed E-state index contributed by atoms with van der Waals surface area (Å²) in [5.74, 6) is -7.70. The number of carbonyl (C=O) groups excluding carboxylic acids is 5. The molecule has 0 aromatic rings. The fraction of sp³-hybridized carbons (Fsp3) is 0.688. The van der Waals surface area contributed by atoms with E-state index in [1.807, 2.05) is 0 Å². The van der Waals surface area contributed by atoms with Crippen molar-refractivity contribution in [2.45, 2.75) is 64.4 Å². The van der Waals surface area contributed by atoms with Crippen molar-refractivity contribution >= 4 is 29.8 Å². The zero-order valence-corrected chi connectivity index (χ0v) is 15.1. The summed E-state index contributed by atoms with van der Waals surface area (Å²) < 4.78 is 91.2. The largest absolute Gasteiger partial charge is 0.471 e. The van der Waals surface area contributed by atoms with Gasteiger partial charge in [0, 0.05) is 33.1 Å². The maximum absolute atomic E-state index is 12.9. The first-order valence-corrected chi connectivity index (χ1v) is 7.82. The van der Waals surface area contributed by atoms with Crippen molar-refractivity contribution in [1.29, 1.82) is 0 Å². The van der Waals surface area contributed by atoms with Gasteiger partial charge in [0.25, 0.3) is 0 Å². The van der Waals surface area contributed by atoms with Crippen molar-refractivity contribution in [3.63, 3.8) is 0 Å². The van der Waals surface area contributed by atoms with Crippen LogP contribution >= 0.6 is 0 Å². The van der Waals surface area contributed by atoms with Crippen LogP contribution in [0.5, 0.6) is 0 Å². The predicted octanol–water partition coefficient (Wildman–Crippen LogP) is -0.252. The van der Waals surface area contributed by atoms with Crippen LogP contribution < -0.4 is 5.32 Å². The lowest BCUT2D eigenvalue weighted by atomic mass is 9.96. The number of rotatable bonds is 6. The van der Waals surface area contributed by atoms with E-state index in [0.29, 0.717) is 0 Å². The third kappa shape index (κ3) is 7.50. The minimum absolute atomic E-state index is 0.850. The Labute approximate surface area is 173 Å². The Kier molecular flexibility index (Phi) is 6.51. The first kappa shape index (κ1) is 19.1. The van der Waals surface area contributed by atoms with Gasteiger partial charge in [-0.1, -0.05) is 0 Å². The van der Waals surface area contributed by atoms with Gasteiger partial charge < -0.3 is 29.0 Å². The first-order chi connectivity index (χ1) is 15.9. The normalized spacial score (nSPS) is 27.9. The van der Waals surface area contributed by atoms with Gasteiger partial charge >= 0.3 is 36.0 Å². The number of esters is 4. The van der Waals surface area contributed by atoms with E-state index in [4.69, 9.17) is 29.2 Å². The molecule has 0 spiro atoms. The predicted molar refractivity (Wildman–Crippen MR) is 86.2 cm³/mol. The van der Waals surface area contributed by atoms with E-state index in [1.165, 1.54) is 5.32 Å². The molecule has 1 saturated heterocycles. The summed E-state index contributed by atoms with van der Waals surface area (Å²) >= 11 is 0. The van der Waals surface area contributed by atoms with Crippen LogP contribution in [0.4, 0.5) is 13.2 Å². The summed E-state index contributed by atoms with van der Waals surface area (Å²) in [6.07, 6.45) is -13.3. The number of amides is 1. The molecule has 1 aliphatic rings. The van der Waals surface area contributed by atoms with Crippen LogP contribution in [0, 0.1) is 0 Å². The fourth-order valence-electron chi connectivity index (χ4n) is 2.42. The monoisotopic (exact) mass is 447 g/mol. The van der Waals surface area contributed by atoms with Gasteiger partial charge in [-0.05, 0) is 0 Å². The SMILES string of the molecule is [2H]CC(=O)OC[C@H]1OC(OC(=O)C[2H])[C@H](NC(=O)C(F)(F)F)[C@@H](OC(=O)C[2H])[C@H]1OC(=O)C[2H]. The fourth-order valence-corrected chi connectivity index (χ4v) is 2.42. The molecule has 0 aromatic carbocycles. The first-order valence-electron chi connectivity index (χ1n) is 10.6.